The Labute approximate surface area is 106 Å². The molecule has 0 atom stereocenters. The first-order valence-electron chi connectivity index (χ1n) is 5.99. The van der Waals surface area contributed by atoms with Gasteiger partial charge in [-0.05, 0) is 34.7 Å². The van der Waals surface area contributed by atoms with E-state index in [2.05, 4.69) is 43.8 Å². The van der Waals surface area contributed by atoms with Crippen LogP contribution in [0.1, 0.15) is 11.1 Å². The molecule has 18 heavy (non-hydrogen) atoms. The van der Waals surface area contributed by atoms with Gasteiger partial charge in [-0.25, -0.2) is 0 Å². The third kappa shape index (κ3) is 1.41. The summed E-state index contributed by atoms with van der Waals surface area (Å²) in [5, 5.41) is 14.6. The largest absolute Gasteiger partial charge is 0.507 e. The topological polar surface area (TPSA) is 20.2 Å². The summed E-state index contributed by atoms with van der Waals surface area (Å²) in [5.41, 5.74) is 2.03. The van der Waals surface area contributed by atoms with Crippen LogP contribution in [0.3, 0.4) is 0 Å². The maximum atomic E-state index is 9.99. The van der Waals surface area contributed by atoms with Crippen molar-refractivity contribution in [2.45, 2.75) is 6.92 Å². The van der Waals surface area contributed by atoms with Crippen LogP contribution in [0.15, 0.2) is 49.0 Å². The number of rotatable bonds is 1. The molecule has 0 heterocycles. The fraction of sp³-hybridized carbons (Fsp3) is 0.0588. The molecule has 0 spiro atoms. The molecule has 3 aromatic rings. The van der Waals surface area contributed by atoms with Crippen LogP contribution in [0.4, 0.5) is 0 Å². The molecule has 1 nitrogen and oxygen atoms in total. The standard InChI is InChI=1S/C17H14O/c1-3-14-15(18)10-9-13-8-7-12-6-4-5-11(2)16(12)17(13)14/h3-10,18H,1H2,2H3. The predicted molar refractivity (Wildman–Crippen MR) is 77.9 cm³/mol. The van der Waals surface area contributed by atoms with Gasteiger partial charge in [0.05, 0.1) is 0 Å². The first-order valence-corrected chi connectivity index (χ1v) is 5.99. The fourth-order valence-electron chi connectivity index (χ4n) is 2.60. The molecular weight excluding hydrogens is 220 g/mol. The summed E-state index contributed by atoms with van der Waals surface area (Å²) in [7, 11) is 0. The van der Waals surface area contributed by atoms with Crippen molar-refractivity contribution < 1.29 is 5.11 Å². The van der Waals surface area contributed by atoms with Crippen LogP contribution in [-0.2, 0) is 0 Å². The second kappa shape index (κ2) is 3.88. The third-order valence-electron chi connectivity index (χ3n) is 3.46. The molecule has 0 aliphatic rings. The molecule has 0 aliphatic heterocycles. The van der Waals surface area contributed by atoms with E-state index in [4.69, 9.17) is 0 Å². The molecule has 3 aromatic carbocycles. The molecular formula is C17H14O. The minimum absolute atomic E-state index is 0.285. The quantitative estimate of drug-likeness (QED) is 0.608. The van der Waals surface area contributed by atoms with Crippen molar-refractivity contribution in [2.24, 2.45) is 0 Å². The summed E-state index contributed by atoms with van der Waals surface area (Å²) in [6, 6.07) is 14.1. The molecule has 0 amide bonds. The zero-order valence-corrected chi connectivity index (χ0v) is 10.3. The Morgan fingerprint density at radius 3 is 2.33 bits per heavy atom. The summed E-state index contributed by atoms with van der Waals surface area (Å²) in [6.07, 6.45) is 1.73. The number of fused-ring (bicyclic) bond motifs is 3. The van der Waals surface area contributed by atoms with Gasteiger partial charge in [-0.2, -0.15) is 0 Å². The molecule has 0 saturated heterocycles. The number of aryl methyl sites for hydroxylation is 1. The van der Waals surface area contributed by atoms with Gasteiger partial charge in [0.25, 0.3) is 0 Å². The van der Waals surface area contributed by atoms with E-state index in [1.165, 1.54) is 16.3 Å². The molecule has 0 aromatic heterocycles. The monoisotopic (exact) mass is 234 g/mol. The number of benzene rings is 3. The maximum absolute atomic E-state index is 9.99. The van der Waals surface area contributed by atoms with E-state index < -0.39 is 0 Å². The average Bonchev–Trinajstić information content (AvgIpc) is 2.38. The van der Waals surface area contributed by atoms with E-state index in [0.29, 0.717) is 0 Å². The number of phenolic OH excluding ortho intramolecular Hbond substituents is 1. The highest BCUT2D eigenvalue weighted by atomic mass is 16.3. The Balaban J connectivity index is 2.68. The Hall–Kier alpha value is -2.28. The molecule has 0 aliphatic carbocycles. The first kappa shape index (κ1) is 10.8. The van der Waals surface area contributed by atoms with E-state index in [0.717, 1.165) is 16.3 Å². The first-order chi connectivity index (χ1) is 8.72. The Morgan fingerprint density at radius 2 is 1.61 bits per heavy atom. The summed E-state index contributed by atoms with van der Waals surface area (Å²) >= 11 is 0. The smallest absolute Gasteiger partial charge is 0.123 e. The number of hydrogen-bond donors (Lipinski definition) is 1. The van der Waals surface area contributed by atoms with Crippen LogP contribution in [0.2, 0.25) is 0 Å². The Bertz CT molecular complexity index is 769. The SMILES string of the molecule is C=Cc1c(O)ccc2ccc3cccc(C)c3c12. The van der Waals surface area contributed by atoms with Gasteiger partial charge in [-0.1, -0.05) is 49.1 Å². The van der Waals surface area contributed by atoms with Crippen LogP contribution >= 0.6 is 0 Å². The number of aromatic hydroxyl groups is 1. The molecule has 1 heteroatoms. The van der Waals surface area contributed by atoms with E-state index in [1.807, 2.05) is 6.07 Å². The third-order valence-corrected chi connectivity index (χ3v) is 3.46. The summed E-state index contributed by atoms with van der Waals surface area (Å²) in [4.78, 5) is 0. The van der Waals surface area contributed by atoms with Crippen molar-refractivity contribution in [1.29, 1.82) is 0 Å². The van der Waals surface area contributed by atoms with Gasteiger partial charge < -0.3 is 5.11 Å². The summed E-state index contributed by atoms with van der Waals surface area (Å²) < 4.78 is 0. The highest BCUT2D eigenvalue weighted by Crippen LogP contribution is 2.35. The molecule has 88 valence electrons. The lowest BCUT2D eigenvalue weighted by Crippen LogP contribution is -1.85. The number of phenols is 1. The average molecular weight is 234 g/mol. The Kier molecular flexibility index (Phi) is 2.34. The van der Waals surface area contributed by atoms with E-state index >= 15 is 0 Å². The second-order valence-electron chi connectivity index (χ2n) is 4.54. The minimum atomic E-state index is 0.285. The van der Waals surface area contributed by atoms with E-state index in [-0.39, 0.29) is 5.75 Å². The summed E-state index contributed by atoms with van der Waals surface area (Å²) in [6.45, 7) is 5.91. The van der Waals surface area contributed by atoms with Crippen LogP contribution in [0.25, 0.3) is 27.6 Å². The van der Waals surface area contributed by atoms with Crippen LogP contribution in [0, 0.1) is 6.92 Å². The van der Waals surface area contributed by atoms with Crippen molar-refractivity contribution in [3.8, 4) is 5.75 Å². The van der Waals surface area contributed by atoms with E-state index in [9.17, 15) is 5.11 Å². The molecule has 0 saturated carbocycles. The van der Waals surface area contributed by atoms with Gasteiger partial charge in [-0.15, -0.1) is 0 Å². The van der Waals surface area contributed by atoms with Crippen molar-refractivity contribution in [2.75, 3.05) is 0 Å². The van der Waals surface area contributed by atoms with Gasteiger partial charge in [0.1, 0.15) is 5.75 Å². The highest BCUT2D eigenvalue weighted by molar-refractivity contribution is 6.13. The Morgan fingerprint density at radius 1 is 0.944 bits per heavy atom. The fourth-order valence-corrected chi connectivity index (χ4v) is 2.60. The van der Waals surface area contributed by atoms with Crippen LogP contribution in [0.5, 0.6) is 5.75 Å². The lowest BCUT2D eigenvalue weighted by atomic mass is 9.94. The second-order valence-corrected chi connectivity index (χ2v) is 4.54. The normalized spacial score (nSPS) is 10.9. The molecule has 0 bridgehead atoms. The van der Waals surface area contributed by atoms with Crippen LogP contribution in [-0.4, -0.2) is 5.11 Å². The van der Waals surface area contributed by atoms with Crippen LogP contribution < -0.4 is 0 Å². The van der Waals surface area contributed by atoms with Gasteiger partial charge >= 0.3 is 0 Å². The molecule has 1 N–H and O–H groups in total. The highest BCUT2D eigenvalue weighted by Gasteiger charge is 2.09. The van der Waals surface area contributed by atoms with Crippen molar-refractivity contribution in [1.82, 2.24) is 0 Å². The number of hydrogen-bond acceptors (Lipinski definition) is 1. The molecule has 0 radical (unpaired) electrons. The zero-order valence-electron chi connectivity index (χ0n) is 10.3. The minimum Gasteiger partial charge on any atom is -0.507 e. The molecule has 0 unspecified atom stereocenters. The molecule has 3 rings (SSSR count). The van der Waals surface area contributed by atoms with Gasteiger partial charge in [0.15, 0.2) is 0 Å². The lowest BCUT2D eigenvalue weighted by molar-refractivity contribution is 0.475. The van der Waals surface area contributed by atoms with Gasteiger partial charge in [-0.3, -0.25) is 0 Å². The summed E-state index contributed by atoms with van der Waals surface area (Å²) in [5.74, 6) is 0.285. The maximum Gasteiger partial charge on any atom is 0.123 e. The predicted octanol–water partition coefficient (Wildman–Crippen LogP) is 4.65. The van der Waals surface area contributed by atoms with E-state index in [1.54, 1.807) is 12.1 Å². The van der Waals surface area contributed by atoms with Crippen molar-refractivity contribution in [3.63, 3.8) is 0 Å². The van der Waals surface area contributed by atoms with Crippen molar-refractivity contribution >= 4 is 27.6 Å². The zero-order chi connectivity index (χ0) is 12.7. The molecule has 0 fully saturated rings. The van der Waals surface area contributed by atoms with Crippen molar-refractivity contribution in [3.05, 3.63) is 60.2 Å². The van der Waals surface area contributed by atoms with Gasteiger partial charge in [0, 0.05) is 10.9 Å². The van der Waals surface area contributed by atoms with Gasteiger partial charge in [0.2, 0.25) is 0 Å². The lowest BCUT2D eigenvalue weighted by Gasteiger charge is -2.11.